The molecule has 2 N–H and O–H groups in total. The van der Waals surface area contributed by atoms with E-state index in [4.69, 9.17) is 10.5 Å². The Kier molecular flexibility index (Phi) is 5.19. The molecule has 1 fully saturated rings. The van der Waals surface area contributed by atoms with Crippen molar-refractivity contribution in [1.82, 2.24) is 0 Å². The lowest BCUT2D eigenvalue weighted by atomic mass is 9.88. The fourth-order valence-electron chi connectivity index (χ4n) is 2.03. The molecule has 1 aliphatic heterocycles. The topological polar surface area (TPSA) is 35.2 Å². The summed E-state index contributed by atoms with van der Waals surface area (Å²) in [6, 6.07) is 6.49. The highest BCUT2D eigenvalue weighted by Crippen LogP contribution is 2.27. The van der Waals surface area contributed by atoms with Crippen LogP contribution in [0.5, 0.6) is 0 Å². The van der Waals surface area contributed by atoms with Crippen molar-refractivity contribution < 1.29 is 9.13 Å². The minimum atomic E-state index is -0.210. The van der Waals surface area contributed by atoms with Crippen LogP contribution >= 0.6 is 12.4 Å². The third-order valence-corrected chi connectivity index (χ3v) is 3.03. The van der Waals surface area contributed by atoms with Crippen molar-refractivity contribution in [3.63, 3.8) is 0 Å². The summed E-state index contributed by atoms with van der Waals surface area (Å²) in [6.07, 6.45) is 2.00. The van der Waals surface area contributed by atoms with Crippen molar-refractivity contribution >= 4 is 12.4 Å². The lowest BCUT2D eigenvalue weighted by Gasteiger charge is -2.27. The summed E-state index contributed by atoms with van der Waals surface area (Å²) in [7, 11) is 0. The first-order chi connectivity index (χ1) is 7.27. The highest BCUT2D eigenvalue weighted by molar-refractivity contribution is 5.85. The molecule has 2 nitrogen and oxygen atoms in total. The van der Waals surface area contributed by atoms with Crippen LogP contribution in [0.15, 0.2) is 24.3 Å². The van der Waals surface area contributed by atoms with Gasteiger partial charge in [0.05, 0.1) is 0 Å². The van der Waals surface area contributed by atoms with Gasteiger partial charge in [0.2, 0.25) is 0 Å². The summed E-state index contributed by atoms with van der Waals surface area (Å²) in [4.78, 5) is 0. The molecular weight excluding hydrogens is 229 g/mol. The van der Waals surface area contributed by atoms with E-state index in [0.717, 1.165) is 31.6 Å². The van der Waals surface area contributed by atoms with Crippen molar-refractivity contribution in [2.24, 2.45) is 11.7 Å². The van der Waals surface area contributed by atoms with Crippen LogP contribution in [0.4, 0.5) is 4.39 Å². The van der Waals surface area contributed by atoms with Crippen LogP contribution in [-0.4, -0.2) is 13.2 Å². The first-order valence-corrected chi connectivity index (χ1v) is 5.36. The van der Waals surface area contributed by atoms with Gasteiger partial charge >= 0.3 is 0 Å². The van der Waals surface area contributed by atoms with Crippen molar-refractivity contribution in [2.45, 2.75) is 18.9 Å². The molecule has 1 atom stereocenters. The van der Waals surface area contributed by atoms with Crippen molar-refractivity contribution in [2.75, 3.05) is 13.2 Å². The number of hydrogen-bond acceptors (Lipinski definition) is 2. The first-order valence-electron chi connectivity index (χ1n) is 5.36. The van der Waals surface area contributed by atoms with Crippen LogP contribution in [0, 0.1) is 11.7 Å². The molecule has 1 unspecified atom stereocenters. The van der Waals surface area contributed by atoms with Gasteiger partial charge in [0.25, 0.3) is 0 Å². The lowest BCUT2D eigenvalue weighted by Crippen LogP contribution is -2.27. The zero-order valence-electron chi connectivity index (χ0n) is 9.06. The summed E-state index contributed by atoms with van der Waals surface area (Å²) < 4.78 is 18.0. The van der Waals surface area contributed by atoms with Crippen LogP contribution in [0.1, 0.15) is 24.4 Å². The van der Waals surface area contributed by atoms with E-state index in [-0.39, 0.29) is 24.3 Å². The average Bonchev–Trinajstić information content (AvgIpc) is 2.30. The number of benzene rings is 1. The largest absolute Gasteiger partial charge is 0.381 e. The van der Waals surface area contributed by atoms with Gasteiger partial charge in [-0.15, -0.1) is 12.4 Å². The molecule has 0 bridgehead atoms. The molecule has 1 saturated heterocycles. The molecule has 16 heavy (non-hydrogen) atoms. The summed E-state index contributed by atoms with van der Waals surface area (Å²) in [6.45, 7) is 1.58. The van der Waals surface area contributed by atoms with Gasteiger partial charge in [-0.1, -0.05) is 12.1 Å². The second kappa shape index (κ2) is 6.18. The maximum atomic E-state index is 12.7. The first kappa shape index (κ1) is 13.4. The smallest absolute Gasteiger partial charge is 0.123 e. The highest BCUT2D eigenvalue weighted by atomic mass is 35.5. The van der Waals surface area contributed by atoms with Gasteiger partial charge in [-0.2, -0.15) is 0 Å². The Hall–Kier alpha value is -0.640. The Balaban J connectivity index is 0.00000128. The minimum absolute atomic E-state index is 0. The molecule has 1 aromatic carbocycles. The predicted molar refractivity (Wildman–Crippen MR) is 64.1 cm³/mol. The summed E-state index contributed by atoms with van der Waals surface area (Å²) in [5, 5.41) is 0. The summed E-state index contributed by atoms with van der Waals surface area (Å²) in [5.41, 5.74) is 7.16. The normalized spacial score (nSPS) is 18.9. The molecule has 90 valence electrons. The number of ether oxygens (including phenoxy) is 1. The molecule has 0 aliphatic carbocycles. The molecule has 0 saturated carbocycles. The Bertz CT molecular complexity index is 311. The fraction of sp³-hybridized carbons (Fsp3) is 0.500. The third kappa shape index (κ3) is 3.17. The maximum absolute atomic E-state index is 12.7. The van der Waals surface area contributed by atoms with Gasteiger partial charge in [0.1, 0.15) is 5.82 Å². The van der Waals surface area contributed by atoms with Gasteiger partial charge in [0.15, 0.2) is 0 Å². The van der Waals surface area contributed by atoms with Crippen molar-refractivity contribution in [3.8, 4) is 0 Å². The van der Waals surface area contributed by atoms with E-state index in [1.165, 1.54) is 12.1 Å². The van der Waals surface area contributed by atoms with Crippen molar-refractivity contribution in [1.29, 1.82) is 0 Å². The van der Waals surface area contributed by atoms with Crippen LogP contribution in [-0.2, 0) is 4.74 Å². The van der Waals surface area contributed by atoms with Crippen LogP contribution in [0.3, 0.4) is 0 Å². The van der Waals surface area contributed by atoms with E-state index >= 15 is 0 Å². The van der Waals surface area contributed by atoms with Gasteiger partial charge in [0, 0.05) is 19.3 Å². The number of hydrogen-bond donors (Lipinski definition) is 1. The minimum Gasteiger partial charge on any atom is -0.381 e. The monoisotopic (exact) mass is 245 g/mol. The summed E-state index contributed by atoms with van der Waals surface area (Å²) >= 11 is 0. The molecule has 0 amide bonds. The Morgan fingerprint density at radius 3 is 2.31 bits per heavy atom. The fourth-order valence-corrected chi connectivity index (χ4v) is 2.03. The summed E-state index contributed by atoms with van der Waals surface area (Å²) in [5.74, 6) is 0.252. The van der Waals surface area contributed by atoms with Gasteiger partial charge in [-0.25, -0.2) is 4.39 Å². The number of halogens is 2. The predicted octanol–water partition coefficient (Wildman–Crippen LogP) is 2.67. The average molecular weight is 246 g/mol. The Morgan fingerprint density at radius 2 is 1.75 bits per heavy atom. The zero-order chi connectivity index (χ0) is 10.7. The van der Waals surface area contributed by atoms with Crippen LogP contribution in [0.25, 0.3) is 0 Å². The molecule has 2 rings (SSSR count). The maximum Gasteiger partial charge on any atom is 0.123 e. The van der Waals surface area contributed by atoms with E-state index in [9.17, 15) is 4.39 Å². The quantitative estimate of drug-likeness (QED) is 0.870. The standard InChI is InChI=1S/C12H16FNO.ClH/c13-11-3-1-9(2-4-11)12(14)10-5-7-15-8-6-10;/h1-4,10,12H,5-8,14H2;1H. The molecule has 1 aliphatic rings. The molecule has 0 aromatic heterocycles. The van der Waals surface area contributed by atoms with Crippen LogP contribution in [0.2, 0.25) is 0 Å². The Labute approximate surface area is 101 Å². The highest BCUT2D eigenvalue weighted by Gasteiger charge is 2.21. The van der Waals surface area contributed by atoms with Gasteiger partial charge < -0.3 is 10.5 Å². The SMILES string of the molecule is Cl.NC(c1ccc(F)cc1)C1CCOCC1. The van der Waals surface area contributed by atoms with E-state index in [0.29, 0.717) is 5.92 Å². The Morgan fingerprint density at radius 1 is 1.19 bits per heavy atom. The molecule has 1 aromatic rings. The zero-order valence-corrected chi connectivity index (χ0v) is 9.88. The number of rotatable bonds is 2. The molecular formula is C12H17ClFNO. The third-order valence-electron chi connectivity index (χ3n) is 3.03. The molecule has 4 heteroatoms. The van der Waals surface area contributed by atoms with Crippen LogP contribution < -0.4 is 5.73 Å². The molecule has 0 spiro atoms. The van der Waals surface area contributed by atoms with E-state index in [1.807, 2.05) is 0 Å². The number of nitrogens with two attached hydrogens (primary N) is 1. The van der Waals surface area contributed by atoms with E-state index < -0.39 is 0 Å². The second-order valence-corrected chi connectivity index (χ2v) is 4.03. The lowest BCUT2D eigenvalue weighted by molar-refractivity contribution is 0.0584. The van der Waals surface area contributed by atoms with E-state index in [1.54, 1.807) is 12.1 Å². The van der Waals surface area contributed by atoms with Gasteiger partial charge in [-0.3, -0.25) is 0 Å². The van der Waals surface area contributed by atoms with E-state index in [2.05, 4.69) is 0 Å². The molecule has 0 radical (unpaired) electrons. The molecule has 1 heterocycles. The second-order valence-electron chi connectivity index (χ2n) is 4.03. The van der Waals surface area contributed by atoms with Crippen molar-refractivity contribution in [3.05, 3.63) is 35.6 Å². The van der Waals surface area contributed by atoms with Gasteiger partial charge in [-0.05, 0) is 36.5 Å².